The second kappa shape index (κ2) is 17.0. The molecule has 0 aliphatic heterocycles. The van der Waals surface area contributed by atoms with Crippen LogP contribution in [-0.2, 0) is 4.79 Å². The molecule has 0 aromatic rings. The number of carboxylic acid groups (broad SMARTS) is 1. The van der Waals surface area contributed by atoms with E-state index in [1.165, 1.54) is 0 Å². The number of allylic oxidation sites excluding steroid dienone is 1. The molecule has 0 aromatic carbocycles. The van der Waals surface area contributed by atoms with Gasteiger partial charge in [0.1, 0.15) is 12.2 Å². The Morgan fingerprint density at radius 3 is 1.21 bits per heavy atom. The fourth-order valence-electron chi connectivity index (χ4n) is 0.239. The molecule has 19 heavy (non-hydrogen) atoms. The molecule has 8 heteroatoms. The van der Waals surface area contributed by atoms with E-state index in [0.717, 1.165) is 0 Å². The third kappa shape index (κ3) is 22.6. The van der Waals surface area contributed by atoms with Crippen LogP contribution in [0.2, 0.25) is 0 Å². The van der Waals surface area contributed by atoms with Gasteiger partial charge in [-0.15, -0.1) is 0 Å². The van der Waals surface area contributed by atoms with Crippen LogP contribution in [-0.4, -0.2) is 80.4 Å². The summed E-state index contributed by atoms with van der Waals surface area (Å²) in [5, 5.41) is 56.1. The Bertz CT molecular complexity index is 211. The normalized spacial score (nSPS) is 10.5. The van der Waals surface area contributed by atoms with E-state index < -0.39 is 18.2 Å². The van der Waals surface area contributed by atoms with Crippen LogP contribution in [0, 0.1) is 0 Å². The molecule has 0 saturated heterocycles. The van der Waals surface area contributed by atoms with Gasteiger partial charge < -0.3 is 35.7 Å². The molecule has 0 radical (unpaired) electrons. The fourth-order valence-corrected chi connectivity index (χ4v) is 0.239. The van der Waals surface area contributed by atoms with Gasteiger partial charge in [-0.2, -0.15) is 0 Å². The van der Waals surface area contributed by atoms with Crippen molar-refractivity contribution in [3.63, 3.8) is 0 Å². The van der Waals surface area contributed by atoms with Crippen LogP contribution in [0.5, 0.6) is 0 Å². The van der Waals surface area contributed by atoms with Crippen LogP contribution in [0.4, 0.5) is 0 Å². The van der Waals surface area contributed by atoms with Crippen molar-refractivity contribution in [3.8, 4) is 0 Å². The Balaban J connectivity index is -0.000000203. The first-order valence-electron chi connectivity index (χ1n) is 5.46. The number of hydrogen-bond acceptors (Lipinski definition) is 7. The van der Waals surface area contributed by atoms with Crippen molar-refractivity contribution in [2.45, 2.75) is 26.1 Å². The summed E-state index contributed by atoms with van der Waals surface area (Å²) in [7, 11) is 0. The lowest BCUT2D eigenvalue weighted by molar-refractivity contribution is -0.132. The highest BCUT2D eigenvalue weighted by atomic mass is 16.4. The summed E-state index contributed by atoms with van der Waals surface area (Å²) in [6.07, 6.45) is -0.350. The maximum Gasteiger partial charge on any atom is 0.330 e. The van der Waals surface area contributed by atoms with E-state index in [1.54, 1.807) is 19.9 Å². The zero-order valence-corrected chi connectivity index (χ0v) is 11.1. The Morgan fingerprint density at radius 2 is 1.21 bits per heavy atom. The minimum absolute atomic E-state index is 0.365. The van der Waals surface area contributed by atoms with E-state index in [0.29, 0.717) is 5.57 Å². The summed E-state index contributed by atoms with van der Waals surface area (Å²) in [5.74, 6) is -0.845. The molecule has 0 rings (SSSR count). The minimum Gasteiger partial charge on any atom is -0.478 e. The number of carboxylic acids is 1. The minimum atomic E-state index is -0.954. The zero-order chi connectivity index (χ0) is 15.8. The molecule has 0 saturated carbocycles. The molecule has 0 aromatic heterocycles. The summed E-state index contributed by atoms with van der Waals surface area (Å²) < 4.78 is 0. The van der Waals surface area contributed by atoms with Gasteiger partial charge >= 0.3 is 5.97 Å². The maximum atomic E-state index is 9.86. The topological polar surface area (TPSA) is 159 Å². The quantitative estimate of drug-likeness (QED) is 0.278. The largest absolute Gasteiger partial charge is 0.478 e. The van der Waals surface area contributed by atoms with E-state index >= 15 is 0 Å². The van der Waals surface area contributed by atoms with E-state index in [-0.39, 0.29) is 26.4 Å². The van der Waals surface area contributed by atoms with Crippen molar-refractivity contribution in [2.75, 3.05) is 26.4 Å². The maximum absolute atomic E-state index is 9.86. The highest BCUT2D eigenvalue weighted by Gasteiger charge is 1.94. The molecule has 116 valence electrons. The average molecular weight is 284 g/mol. The molecular weight excluding hydrogens is 260 g/mol. The molecule has 0 bridgehead atoms. The number of aliphatic hydroxyl groups excluding tert-OH is 6. The number of hydrogen-bond donors (Lipinski definition) is 7. The summed E-state index contributed by atoms with van der Waals surface area (Å²) in [5.41, 5.74) is 0.389. The summed E-state index contributed by atoms with van der Waals surface area (Å²) in [6.45, 7) is 1.80. The SMILES string of the molecule is CC=C(C)C(=O)O.OCC(O)CO.OCC(O)CO. The monoisotopic (exact) mass is 284 g/mol. The molecule has 0 unspecified atom stereocenters. The van der Waals surface area contributed by atoms with Gasteiger partial charge in [-0.25, -0.2) is 4.79 Å². The van der Waals surface area contributed by atoms with Crippen molar-refractivity contribution in [1.29, 1.82) is 0 Å². The number of aliphatic hydroxyl groups is 6. The van der Waals surface area contributed by atoms with E-state index in [4.69, 9.17) is 35.7 Å². The van der Waals surface area contributed by atoms with Crippen LogP contribution >= 0.6 is 0 Å². The van der Waals surface area contributed by atoms with Gasteiger partial charge in [0.15, 0.2) is 0 Å². The molecular formula is C11H24O8. The van der Waals surface area contributed by atoms with Gasteiger partial charge in [0.25, 0.3) is 0 Å². The number of aliphatic carboxylic acids is 1. The van der Waals surface area contributed by atoms with Crippen LogP contribution in [0.1, 0.15) is 13.8 Å². The van der Waals surface area contributed by atoms with Crippen molar-refractivity contribution in [1.82, 2.24) is 0 Å². The van der Waals surface area contributed by atoms with Crippen molar-refractivity contribution in [3.05, 3.63) is 11.6 Å². The molecule has 0 aliphatic carbocycles. The molecule has 0 heterocycles. The average Bonchev–Trinajstić information content (AvgIpc) is 2.45. The Kier molecular flexibility index (Phi) is 20.6. The second-order valence-corrected chi connectivity index (χ2v) is 3.31. The summed E-state index contributed by atoms with van der Waals surface area (Å²) >= 11 is 0. The number of rotatable bonds is 5. The van der Waals surface area contributed by atoms with Crippen LogP contribution in [0.15, 0.2) is 11.6 Å². The van der Waals surface area contributed by atoms with Crippen molar-refractivity contribution >= 4 is 5.97 Å². The molecule has 0 aliphatic rings. The molecule has 7 N–H and O–H groups in total. The van der Waals surface area contributed by atoms with Crippen LogP contribution < -0.4 is 0 Å². The Morgan fingerprint density at radius 1 is 0.947 bits per heavy atom. The lowest BCUT2D eigenvalue weighted by Crippen LogP contribution is -2.15. The van der Waals surface area contributed by atoms with E-state index in [1.807, 2.05) is 0 Å². The van der Waals surface area contributed by atoms with Crippen molar-refractivity contribution in [2.24, 2.45) is 0 Å². The van der Waals surface area contributed by atoms with Crippen LogP contribution in [0.3, 0.4) is 0 Å². The van der Waals surface area contributed by atoms with Crippen LogP contribution in [0.25, 0.3) is 0 Å². The molecule has 0 amide bonds. The summed E-state index contributed by atoms with van der Waals surface area (Å²) in [4.78, 5) is 9.86. The third-order valence-electron chi connectivity index (χ3n) is 1.61. The Labute approximate surface area is 111 Å². The van der Waals surface area contributed by atoms with Gasteiger partial charge in [0.2, 0.25) is 0 Å². The highest BCUT2D eigenvalue weighted by Crippen LogP contribution is 1.87. The van der Waals surface area contributed by atoms with Gasteiger partial charge in [-0.3, -0.25) is 0 Å². The summed E-state index contributed by atoms with van der Waals surface area (Å²) in [6, 6.07) is 0. The molecule has 0 spiro atoms. The van der Waals surface area contributed by atoms with Gasteiger partial charge in [-0.05, 0) is 13.8 Å². The van der Waals surface area contributed by atoms with Crippen molar-refractivity contribution < 1.29 is 40.5 Å². The standard InChI is InChI=1S/C5H8O2.2C3H8O3/c1-3-4(2)5(6)7;2*4-1-3(6)2-5/h3H,1-2H3,(H,6,7);2*3-6H,1-2H2. The predicted octanol–water partition coefficient (Wildman–Crippen LogP) is -2.30. The second-order valence-electron chi connectivity index (χ2n) is 3.31. The number of carbonyl (C=O) groups is 1. The highest BCUT2D eigenvalue weighted by molar-refractivity contribution is 5.85. The van der Waals surface area contributed by atoms with Gasteiger partial charge in [-0.1, -0.05) is 6.08 Å². The van der Waals surface area contributed by atoms with Gasteiger partial charge in [0, 0.05) is 5.57 Å². The first-order valence-corrected chi connectivity index (χ1v) is 5.46. The predicted molar refractivity (Wildman–Crippen MR) is 67.4 cm³/mol. The molecule has 0 atom stereocenters. The fraction of sp³-hybridized carbons (Fsp3) is 0.727. The van der Waals surface area contributed by atoms with Gasteiger partial charge in [0.05, 0.1) is 26.4 Å². The molecule has 0 fully saturated rings. The zero-order valence-electron chi connectivity index (χ0n) is 11.1. The van der Waals surface area contributed by atoms with E-state index in [9.17, 15) is 4.79 Å². The Hall–Kier alpha value is -1.03. The lowest BCUT2D eigenvalue weighted by Gasteiger charge is -1.96. The lowest BCUT2D eigenvalue weighted by atomic mass is 10.3. The third-order valence-corrected chi connectivity index (χ3v) is 1.61. The first-order chi connectivity index (χ1) is 8.80. The first kappa shape index (κ1) is 23.1. The smallest absolute Gasteiger partial charge is 0.330 e. The van der Waals surface area contributed by atoms with E-state index in [2.05, 4.69) is 0 Å². The molecule has 8 nitrogen and oxygen atoms in total.